The highest BCUT2D eigenvalue weighted by molar-refractivity contribution is 7.88. The lowest BCUT2D eigenvalue weighted by atomic mass is 10.1. The molecule has 1 unspecified atom stereocenters. The van der Waals surface area contributed by atoms with Crippen LogP contribution in [0.2, 0.25) is 5.02 Å². The molecule has 0 amide bonds. The summed E-state index contributed by atoms with van der Waals surface area (Å²) in [6, 6.07) is 6.95. The number of nitrogens with one attached hydrogen (secondary N) is 2. The highest BCUT2D eigenvalue weighted by Gasteiger charge is 2.22. The third-order valence-corrected chi connectivity index (χ3v) is 3.80. The van der Waals surface area contributed by atoms with Gasteiger partial charge in [0.15, 0.2) is 0 Å². The molecule has 0 saturated heterocycles. The molecule has 5 nitrogen and oxygen atoms in total. The average Bonchev–Trinajstić information content (AvgIpc) is 2.26. The van der Waals surface area contributed by atoms with E-state index in [-0.39, 0.29) is 0 Å². The predicted octanol–water partition coefficient (Wildman–Crippen LogP) is 1.29. The topological polar surface area (TPSA) is 78.4 Å². The summed E-state index contributed by atoms with van der Waals surface area (Å²) in [6.45, 7) is 4.28. The van der Waals surface area contributed by atoms with E-state index in [1.807, 2.05) is 0 Å². The molecule has 0 heterocycles. The Balaban J connectivity index is 2.45. The van der Waals surface area contributed by atoms with Crippen molar-refractivity contribution in [1.82, 2.24) is 10.0 Å². The Bertz CT molecular complexity index is 529. The highest BCUT2D eigenvalue weighted by Crippen LogP contribution is 2.15. The van der Waals surface area contributed by atoms with Crippen molar-refractivity contribution in [3.8, 4) is 0 Å². The second-order valence-corrected chi connectivity index (χ2v) is 7.64. The van der Waals surface area contributed by atoms with Crippen LogP contribution in [-0.4, -0.2) is 38.4 Å². The van der Waals surface area contributed by atoms with Crippen molar-refractivity contribution >= 4 is 21.6 Å². The zero-order valence-electron chi connectivity index (χ0n) is 11.9. The molecule has 0 radical (unpaired) electrons. The van der Waals surface area contributed by atoms with E-state index in [4.69, 9.17) is 11.6 Å². The van der Waals surface area contributed by atoms with Gasteiger partial charge in [-0.3, -0.25) is 0 Å². The second-order valence-electron chi connectivity index (χ2n) is 5.46. The molecule has 1 atom stereocenters. The summed E-state index contributed by atoms with van der Waals surface area (Å²) in [5.74, 6) is 0. The zero-order valence-corrected chi connectivity index (χ0v) is 13.4. The summed E-state index contributed by atoms with van der Waals surface area (Å²) in [6.07, 6.45) is 0.457. The molecule has 0 bridgehead atoms. The molecule has 0 saturated carbocycles. The molecular weight excluding hydrogens is 300 g/mol. The Labute approximate surface area is 125 Å². The van der Waals surface area contributed by atoms with Gasteiger partial charge in [0, 0.05) is 23.7 Å². The maximum absolute atomic E-state index is 11.2. The first-order valence-corrected chi connectivity index (χ1v) is 8.49. The van der Waals surface area contributed by atoms with Crippen LogP contribution in [0.1, 0.15) is 25.5 Å². The van der Waals surface area contributed by atoms with Crippen molar-refractivity contribution in [3.05, 3.63) is 34.9 Å². The van der Waals surface area contributed by atoms with Gasteiger partial charge in [-0.05, 0) is 31.5 Å². The van der Waals surface area contributed by atoms with E-state index >= 15 is 0 Å². The van der Waals surface area contributed by atoms with Gasteiger partial charge in [-0.25, -0.2) is 13.1 Å². The van der Waals surface area contributed by atoms with Crippen molar-refractivity contribution in [3.63, 3.8) is 0 Å². The van der Waals surface area contributed by atoms with Gasteiger partial charge in [-0.2, -0.15) is 0 Å². The molecule has 114 valence electrons. The van der Waals surface area contributed by atoms with Gasteiger partial charge in [0.1, 0.15) is 0 Å². The first-order chi connectivity index (χ1) is 9.09. The number of aliphatic hydroxyl groups is 1. The molecule has 0 spiro atoms. The van der Waals surface area contributed by atoms with Crippen LogP contribution in [0.5, 0.6) is 0 Å². The van der Waals surface area contributed by atoms with Gasteiger partial charge >= 0.3 is 0 Å². The summed E-state index contributed by atoms with van der Waals surface area (Å²) in [5.41, 5.74) is 0.142. The molecule has 0 fully saturated rings. The van der Waals surface area contributed by atoms with E-state index < -0.39 is 21.7 Å². The van der Waals surface area contributed by atoms with Crippen molar-refractivity contribution in [1.29, 1.82) is 0 Å². The van der Waals surface area contributed by atoms with Crippen LogP contribution in [0.3, 0.4) is 0 Å². The molecular formula is C13H21ClN2O3S. The van der Waals surface area contributed by atoms with Crippen LogP contribution in [0.25, 0.3) is 0 Å². The largest absolute Gasteiger partial charge is 0.387 e. The maximum atomic E-state index is 11.2. The third kappa shape index (κ3) is 6.67. The lowest BCUT2D eigenvalue weighted by Gasteiger charge is -2.26. The van der Waals surface area contributed by atoms with E-state index in [0.29, 0.717) is 18.1 Å². The van der Waals surface area contributed by atoms with E-state index in [2.05, 4.69) is 10.0 Å². The zero-order chi connectivity index (χ0) is 15.4. The fraction of sp³-hybridized carbons (Fsp3) is 0.538. The van der Waals surface area contributed by atoms with Crippen molar-refractivity contribution in [2.45, 2.75) is 25.5 Å². The minimum absolute atomic E-state index is 0.330. The lowest BCUT2D eigenvalue weighted by Crippen LogP contribution is -2.50. The minimum atomic E-state index is -3.26. The normalized spacial score (nSPS) is 14.2. The van der Waals surface area contributed by atoms with E-state index in [9.17, 15) is 13.5 Å². The van der Waals surface area contributed by atoms with Crippen LogP contribution in [0, 0.1) is 0 Å². The molecule has 3 N–H and O–H groups in total. The number of hydrogen-bond donors (Lipinski definition) is 3. The van der Waals surface area contributed by atoms with Gasteiger partial charge in [-0.1, -0.05) is 23.7 Å². The molecule has 0 aliphatic rings. The monoisotopic (exact) mass is 320 g/mol. The van der Waals surface area contributed by atoms with Crippen LogP contribution in [0.15, 0.2) is 24.3 Å². The molecule has 0 aliphatic heterocycles. The molecule has 1 aromatic rings. The number of halogens is 1. The Morgan fingerprint density at radius 2 is 1.85 bits per heavy atom. The Kier molecular flexibility index (Phi) is 5.97. The van der Waals surface area contributed by atoms with Crippen LogP contribution < -0.4 is 10.0 Å². The number of hydrogen-bond acceptors (Lipinski definition) is 4. The van der Waals surface area contributed by atoms with Crippen LogP contribution in [0.4, 0.5) is 0 Å². The smallest absolute Gasteiger partial charge is 0.209 e. The summed E-state index contributed by atoms with van der Waals surface area (Å²) in [5, 5.41) is 13.7. The van der Waals surface area contributed by atoms with Crippen LogP contribution >= 0.6 is 11.6 Å². The quantitative estimate of drug-likeness (QED) is 0.707. The standard InChI is InChI=1S/C13H21ClN2O3S/c1-13(2,16-20(3,18)19)9-15-8-12(17)10-4-6-11(14)7-5-10/h4-7,12,15-17H,8-9H2,1-3H3. The SMILES string of the molecule is CC(C)(CNCC(O)c1ccc(Cl)cc1)NS(C)(=O)=O. The van der Waals surface area contributed by atoms with Gasteiger partial charge in [0.05, 0.1) is 12.4 Å². The van der Waals surface area contributed by atoms with Crippen molar-refractivity contribution < 1.29 is 13.5 Å². The number of benzene rings is 1. The minimum Gasteiger partial charge on any atom is -0.387 e. The molecule has 0 aromatic heterocycles. The fourth-order valence-electron chi connectivity index (χ4n) is 1.86. The Morgan fingerprint density at radius 1 is 1.30 bits per heavy atom. The summed E-state index contributed by atoms with van der Waals surface area (Å²) in [4.78, 5) is 0. The highest BCUT2D eigenvalue weighted by atomic mass is 35.5. The molecule has 1 aromatic carbocycles. The van der Waals surface area contributed by atoms with Crippen molar-refractivity contribution in [2.75, 3.05) is 19.3 Å². The summed E-state index contributed by atoms with van der Waals surface area (Å²) in [7, 11) is -3.26. The summed E-state index contributed by atoms with van der Waals surface area (Å²) < 4.78 is 24.9. The van der Waals surface area contributed by atoms with Crippen molar-refractivity contribution in [2.24, 2.45) is 0 Å². The van der Waals surface area contributed by atoms with Gasteiger partial charge in [0.25, 0.3) is 0 Å². The lowest BCUT2D eigenvalue weighted by molar-refractivity contribution is 0.172. The molecule has 1 rings (SSSR count). The Morgan fingerprint density at radius 3 is 2.35 bits per heavy atom. The second kappa shape index (κ2) is 6.87. The first-order valence-electron chi connectivity index (χ1n) is 6.22. The van der Waals surface area contributed by atoms with Crippen LogP contribution in [-0.2, 0) is 10.0 Å². The average molecular weight is 321 g/mol. The molecule has 7 heteroatoms. The van der Waals surface area contributed by atoms with E-state index in [1.165, 1.54) is 0 Å². The molecule has 20 heavy (non-hydrogen) atoms. The van der Waals surface area contributed by atoms with Gasteiger partial charge in [-0.15, -0.1) is 0 Å². The van der Waals surface area contributed by atoms with Gasteiger partial charge in [0.2, 0.25) is 10.0 Å². The van der Waals surface area contributed by atoms with E-state index in [1.54, 1.807) is 38.1 Å². The molecule has 0 aliphatic carbocycles. The third-order valence-electron chi connectivity index (χ3n) is 2.62. The van der Waals surface area contributed by atoms with Gasteiger partial charge < -0.3 is 10.4 Å². The predicted molar refractivity (Wildman–Crippen MR) is 81.3 cm³/mol. The maximum Gasteiger partial charge on any atom is 0.209 e. The first kappa shape index (κ1) is 17.4. The number of aliphatic hydroxyl groups excluding tert-OH is 1. The Hall–Kier alpha value is -0.660. The fourth-order valence-corrected chi connectivity index (χ4v) is 3.06. The summed E-state index contributed by atoms with van der Waals surface area (Å²) >= 11 is 5.78. The number of rotatable bonds is 7. The van der Waals surface area contributed by atoms with E-state index in [0.717, 1.165) is 11.8 Å². The number of sulfonamides is 1.